The van der Waals surface area contributed by atoms with Crippen molar-refractivity contribution in [2.75, 3.05) is 19.7 Å². The normalized spacial score (nSPS) is 25.6. The number of ether oxygens (including phenoxy) is 1. The van der Waals surface area contributed by atoms with E-state index in [1.807, 2.05) is 32.0 Å². The fraction of sp³-hybridized carbons (Fsp3) is 0.619. The summed E-state index contributed by atoms with van der Waals surface area (Å²) < 4.78 is 18.9. The Morgan fingerprint density at radius 1 is 1.25 bits per heavy atom. The first-order chi connectivity index (χ1) is 13.3. The summed E-state index contributed by atoms with van der Waals surface area (Å²) in [5, 5.41) is 13.1. The molecular weight excluding hydrogens is 363 g/mol. The van der Waals surface area contributed by atoms with Gasteiger partial charge in [-0.1, -0.05) is 12.1 Å². The Morgan fingerprint density at radius 2 is 1.96 bits per heavy atom. The first-order valence-corrected chi connectivity index (χ1v) is 9.94. The largest absolute Gasteiger partial charge is 0.483 e. The number of hydrogen-bond acceptors (Lipinski definition) is 4. The van der Waals surface area contributed by atoms with Crippen LogP contribution in [0.2, 0.25) is 0 Å². The molecule has 1 aliphatic heterocycles. The second kappa shape index (κ2) is 8.90. The van der Waals surface area contributed by atoms with Crippen molar-refractivity contribution in [2.24, 2.45) is 5.92 Å². The second-order valence-electron chi connectivity index (χ2n) is 7.90. The summed E-state index contributed by atoms with van der Waals surface area (Å²) in [6, 6.07) is 5.19. The molecule has 1 aromatic carbocycles. The summed E-state index contributed by atoms with van der Waals surface area (Å²) in [6.45, 7) is 4.62. The highest BCUT2D eigenvalue weighted by atomic mass is 19.1. The molecule has 1 heterocycles. The Balaban J connectivity index is 1.48. The Bertz CT molecular complexity index is 718. The van der Waals surface area contributed by atoms with Gasteiger partial charge in [-0.15, -0.1) is 0 Å². The zero-order valence-corrected chi connectivity index (χ0v) is 16.5. The molecule has 1 saturated heterocycles. The summed E-state index contributed by atoms with van der Waals surface area (Å²) in [7, 11) is 0. The fourth-order valence-electron chi connectivity index (χ4n) is 3.97. The minimum atomic E-state index is -0.831. The quantitative estimate of drug-likeness (QED) is 0.802. The molecule has 2 N–H and O–H groups in total. The molecule has 7 heteroatoms. The predicted octanol–water partition coefficient (Wildman–Crippen LogP) is 1.90. The molecular formula is C21H29FN2O4. The molecule has 2 fully saturated rings. The molecule has 0 spiro atoms. The predicted molar refractivity (Wildman–Crippen MR) is 103 cm³/mol. The third-order valence-electron chi connectivity index (χ3n) is 5.87. The highest BCUT2D eigenvalue weighted by Crippen LogP contribution is 2.29. The van der Waals surface area contributed by atoms with E-state index in [0.29, 0.717) is 44.5 Å². The van der Waals surface area contributed by atoms with Crippen molar-refractivity contribution in [3.8, 4) is 5.75 Å². The third kappa shape index (κ3) is 4.82. The summed E-state index contributed by atoms with van der Waals surface area (Å²) in [4.78, 5) is 26.5. The van der Waals surface area contributed by atoms with Crippen LogP contribution in [0.5, 0.6) is 5.75 Å². The van der Waals surface area contributed by atoms with E-state index in [1.54, 1.807) is 4.90 Å². The van der Waals surface area contributed by atoms with Crippen molar-refractivity contribution in [3.63, 3.8) is 0 Å². The summed E-state index contributed by atoms with van der Waals surface area (Å²) >= 11 is 0. The highest BCUT2D eigenvalue weighted by molar-refractivity contribution is 5.80. The zero-order valence-electron chi connectivity index (χ0n) is 16.5. The van der Waals surface area contributed by atoms with Gasteiger partial charge in [0, 0.05) is 19.0 Å². The molecule has 3 atom stereocenters. The van der Waals surface area contributed by atoms with Crippen molar-refractivity contribution in [1.82, 2.24) is 10.2 Å². The molecule has 2 amide bonds. The van der Waals surface area contributed by atoms with Crippen molar-refractivity contribution in [1.29, 1.82) is 0 Å². The lowest BCUT2D eigenvalue weighted by Crippen LogP contribution is -2.43. The lowest BCUT2D eigenvalue weighted by molar-refractivity contribution is -0.137. The van der Waals surface area contributed by atoms with Gasteiger partial charge in [0.2, 0.25) is 5.91 Å². The number of aryl methyl sites for hydroxylation is 1. The average molecular weight is 392 g/mol. The molecule has 154 valence electrons. The number of carbonyl (C=O) groups excluding carboxylic acids is 2. The summed E-state index contributed by atoms with van der Waals surface area (Å²) in [5.74, 6) is -0.0477. The Labute approximate surface area is 165 Å². The maximum atomic E-state index is 13.3. The Hall–Kier alpha value is -2.15. The minimum absolute atomic E-state index is 0.0469. The van der Waals surface area contributed by atoms with Crippen molar-refractivity contribution < 1.29 is 23.8 Å². The summed E-state index contributed by atoms with van der Waals surface area (Å²) in [6.07, 6.45) is -0.143. The second-order valence-corrected chi connectivity index (χ2v) is 7.90. The molecule has 28 heavy (non-hydrogen) atoms. The van der Waals surface area contributed by atoms with E-state index in [2.05, 4.69) is 5.32 Å². The monoisotopic (exact) mass is 392 g/mol. The number of nitrogens with zero attached hydrogens (tertiary/aromatic N) is 1. The molecule has 2 aliphatic rings. The summed E-state index contributed by atoms with van der Waals surface area (Å²) in [5.41, 5.74) is 2.07. The van der Waals surface area contributed by atoms with Crippen LogP contribution < -0.4 is 10.1 Å². The van der Waals surface area contributed by atoms with Gasteiger partial charge in [-0.05, 0) is 56.7 Å². The van der Waals surface area contributed by atoms with Crippen molar-refractivity contribution >= 4 is 11.8 Å². The first kappa shape index (κ1) is 20.6. The van der Waals surface area contributed by atoms with E-state index < -0.39 is 18.3 Å². The van der Waals surface area contributed by atoms with Gasteiger partial charge in [0.15, 0.2) is 6.61 Å². The van der Waals surface area contributed by atoms with Crippen LogP contribution in [0.15, 0.2) is 18.2 Å². The van der Waals surface area contributed by atoms with E-state index in [4.69, 9.17) is 4.74 Å². The maximum Gasteiger partial charge on any atom is 0.258 e. The molecule has 0 aromatic heterocycles. The lowest BCUT2D eigenvalue weighted by atomic mass is 10.0. The molecule has 6 nitrogen and oxygen atoms in total. The topological polar surface area (TPSA) is 78.9 Å². The fourth-order valence-corrected chi connectivity index (χ4v) is 3.97. The number of aliphatic hydroxyl groups is 1. The van der Waals surface area contributed by atoms with E-state index >= 15 is 0 Å². The number of amides is 2. The molecule has 1 saturated carbocycles. The van der Waals surface area contributed by atoms with Crippen LogP contribution in [0.4, 0.5) is 4.39 Å². The smallest absolute Gasteiger partial charge is 0.258 e. The number of aliphatic hydroxyl groups excluding tert-OH is 1. The minimum Gasteiger partial charge on any atom is -0.483 e. The van der Waals surface area contributed by atoms with Crippen molar-refractivity contribution in [2.45, 2.75) is 57.8 Å². The van der Waals surface area contributed by atoms with Gasteiger partial charge in [-0.25, -0.2) is 4.39 Å². The van der Waals surface area contributed by atoms with Gasteiger partial charge in [-0.3, -0.25) is 9.59 Å². The van der Waals surface area contributed by atoms with Gasteiger partial charge in [0.05, 0.1) is 12.1 Å². The average Bonchev–Trinajstić information content (AvgIpc) is 3.03. The van der Waals surface area contributed by atoms with Gasteiger partial charge < -0.3 is 20.1 Å². The van der Waals surface area contributed by atoms with Crippen LogP contribution >= 0.6 is 0 Å². The zero-order chi connectivity index (χ0) is 20.3. The van der Waals surface area contributed by atoms with Gasteiger partial charge in [0.25, 0.3) is 5.91 Å². The molecule has 1 aliphatic carbocycles. The third-order valence-corrected chi connectivity index (χ3v) is 5.87. The number of rotatable bonds is 5. The SMILES string of the molecule is Cc1cccc(OCC(=O)N[C@H]2C[C@H](C(=O)N3CCC(F)CC3)C[C@@H]2O)c1C. The number of piperidine rings is 1. The maximum absolute atomic E-state index is 13.3. The van der Waals surface area contributed by atoms with Crippen LogP contribution in [-0.4, -0.2) is 59.8 Å². The van der Waals surface area contributed by atoms with Gasteiger partial charge >= 0.3 is 0 Å². The Kier molecular flexibility index (Phi) is 6.54. The van der Waals surface area contributed by atoms with Gasteiger partial charge in [-0.2, -0.15) is 0 Å². The Morgan fingerprint density at radius 3 is 2.68 bits per heavy atom. The first-order valence-electron chi connectivity index (χ1n) is 9.94. The molecule has 0 bridgehead atoms. The van der Waals surface area contributed by atoms with Crippen LogP contribution in [0, 0.1) is 19.8 Å². The van der Waals surface area contributed by atoms with Crippen LogP contribution in [0.1, 0.15) is 36.8 Å². The molecule has 3 rings (SSSR count). The highest BCUT2D eigenvalue weighted by Gasteiger charge is 2.40. The molecule has 1 aromatic rings. The number of halogens is 1. The van der Waals surface area contributed by atoms with Crippen LogP contribution in [0.3, 0.4) is 0 Å². The number of carbonyl (C=O) groups is 2. The van der Waals surface area contributed by atoms with Crippen LogP contribution in [0.25, 0.3) is 0 Å². The lowest BCUT2D eigenvalue weighted by Gasteiger charge is -2.30. The van der Waals surface area contributed by atoms with Crippen molar-refractivity contribution in [3.05, 3.63) is 29.3 Å². The van der Waals surface area contributed by atoms with Crippen LogP contribution in [-0.2, 0) is 9.59 Å². The van der Waals surface area contributed by atoms with E-state index in [-0.39, 0.29) is 24.3 Å². The van der Waals surface area contributed by atoms with Gasteiger partial charge in [0.1, 0.15) is 11.9 Å². The number of likely N-dealkylation sites (tertiary alicyclic amines) is 1. The number of alkyl halides is 1. The van der Waals surface area contributed by atoms with E-state index in [1.165, 1.54) is 0 Å². The number of benzene rings is 1. The standard InChI is InChI=1S/C21H29FN2O4/c1-13-4-3-5-19(14(13)2)28-12-20(26)23-17-10-15(11-18(17)25)21(27)24-8-6-16(22)7-9-24/h3-5,15-18,25H,6-12H2,1-2H3,(H,23,26)/t15-,17-,18-/m0/s1. The molecule has 0 unspecified atom stereocenters. The van der Waals surface area contributed by atoms with E-state index in [9.17, 15) is 19.1 Å². The molecule has 0 radical (unpaired) electrons. The van der Waals surface area contributed by atoms with E-state index in [0.717, 1.165) is 11.1 Å². The number of hydrogen-bond donors (Lipinski definition) is 2. The number of nitrogens with one attached hydrogen (secondary N) is 1.